The molecule has 0 amide bonds. The number of aromatic nitrogens is 1. The highest BCUT2D eigenvalue weighted by Crippen LogP contribution is 2.34. The lowest BCUT2D eigenvalue weighted by Crippen LogP contribution is -2.26. The number of thiophene rings is 1. The van der Waals surface area contributed by atoms with Crippen molar-refractivity contribution in [3.8, 4) is 10.6 Å². The van der Waals surface area contributed by atoms with Crippen molar-refractivity contribution in [1.29, 1.82) is 0 Å². The molecule has 0 aromatic carbocycles. The number of aryl methyl sites for hydroxylation is 1. The summed E-state index contributed by atoms with van der Waals surface area (Å²) in [7, 11) is -2.18. The first-order chi connectivity index (χ1) is 8.95. The minimum atomic E-state index is -3.53. The van der Waals surface area contributed by atoms with E-state index in [2.05, 4.69) is 14.4 Å². The molecule has 0 atom stereocenters. The maximum atomic E-state index is 11.4. The summed E-state index contributed by atoms with van der Waals surface area (Å²) in [4.78, 5) is 7.34. The third-order valence-corrected chi connectivity index (χ3v) is 5.51. The van der Waals surface area contributed by atoms with E-state index >= 15 is 0 Å². The van der Waals surface area contributed by atoms with Crippen LogP contribution in [0, 0.1) is 6.92 Å². The molecular weight excluding hydrogens is 304 g/mol. The van der Waals surface area contributed by atoms with E-state index in [0.29, 0.717) is 11.7 Å². The minimum absolute atomic E-state index is 0.351. The van der Waals surface area contributed by atoms with Gasteiger partial charge in [0.1, 0.15) is 0 Å². The van der Waals surface area contributed by atoms with Crippen LogP contribution in [0.3, 0.4) is 0 Å². The van der Waals surface area contributed by atoms with Gasteiger partial charge in [0.2, 0.25) is 0 Å². The van der Waals surface area contributed by atoms with E-state index in [1.54, 1.807) is 11.3 Å². The fraction of sp³-hybridized carbons (Fsp3) is 0.300. The van der Waals surface area contributed by atoms with Gasteiger partial charge in [0.15, 0.2) is 5.13 Å². The largest absolute Gasteiger partial charge is 0.326 e. The van der Waals surface area contributed by atoms with Gasteiger partial charge in [-0.15, -0.1) is 22.7 Å². The van der Waals surface area contributed by atoms with Crippen LogP contribution in [0.1, 0.15) is 9.75 Å². The number of hydrogen-bond donors (Lipinski definition) is 3. The first kappa shape index (κ1) is 14.4. The lowest BCUT2D eigenvalue weighted by molar-refractivity contribution is 0.593. The number of nitrogens with zero attached hydrogens (tertiary/aromatic N) is 1. The Morgan fingerprint density at radius 3 is 2.68 bits per heavy atom. The molecule has 0 spiro atoms. The quantitative estimate of drug-likeness (QED) is 0.778. The van der Waals surface area contributed by atoms with Crippen LogP contribution in [0.5, 0.6) is 0 Å². The zero-order chi connectivity index (χ0) is 14.0. The van der Waals surface area contributed by atoms with Gasteiger partial charge < -0.3 is 5.73 Å². The standard InChI is InChI=1S/C10H14N4O2S3/c1-6-9(8-4-3-7(5-11)18-8)13-10(17-6)14-19(15,16)12-2/h3-4,12H,5,11H2,1-2H3,(H,13,14). The Kier molecular flexibility index (Phi) is 4.21. The molecule has 0 bridgehead atoms. The van der Waals surface area contributed by atoms with Crippen molar-refractivity contribution in [1.82, 2.24) is 9.71 Å². The lowest BCUT2D eigenvalue weighted by atomic mass is 10.3. The van der Waals surface area contributed by atoms with E-state index in [1.807, 2.05) is 19.1 Å². The summed E-state index contributed by atoms with van der Waals surface area (Å²) in [5, 5.41) is 0.351. The SMILES string of the molecule is CNS(=O)(=O)Nc1nc(-c2ccc(CN)s2)c(C)s1. The molecule has 19 heavy (non-hydrogen) atoms. The summed E-state index contributed by atoms with van der Waals surface area (Å²) < 4.78 is 27.4. The number of anilines is 1. The fourth-order valence-corrected chi connectivity index (χ4v) is 4.00. The van der Waals surface area contributed by atoms with Gasteiger partial charge in [0, 0.05) is 23.3 Å². The highest BCUT2D eigenvalue weighted by atomic mass is 32.2. The van der Waals surface area contributed by atoms with E-state index in [9.17, 15) is 8.42 Å². The maximum Gasteiger partial charge on any atom is 0.300 e. The predicted molar refractivity (Wildman–Crippen MR) is 79.7 cm³/mol. The van der Waals surface area contributed by atoms with Crippen molar-refractivity contribution in [2.45, 2.75) is 13.5 Å². The number of nitrogens with one attached hydrogen (secondary N) is 2. The summed E-state index contributed by atoms with van der Waals surface area (Å²) in [5.41, 5.74) is 6.37. The number of hydrogen-bond acceptors (Lipinski definition) is 6. The topological polar surface area (TPSA) is 97.1 Å². The van der Waals surface area contributed by atoms with E-state index in [1.165, 1.54) is 18.4 Å². The molecule has 6 nitrogen and oxygen atoms in total. The van der Waals surface area contributed by atoms with E-state index in [0.717, 1.165) is 20.3 Å². The molecule has 2 rings (SSSR count). The second-order valence-corrected chi connectivity index (χ2v) is 7.69. The fourth-order valence-electron chi connectivity index (χ4n) is 1.45. The van der Waals surface area contributed by atoms with Crippen LogP contribution >= 0.6 is 22.7 Å². The minimum Gasteiger partial charge on any atom is -0.326 e. The predicted octanol–water partition coefficient (Wildman–Crippen LogP) is 1.51. The molecule has 9 heteroatoms. The normalized spacial score (nSPS) is 11.7. The molecule has 2 aromatic rings. The summed E-state index contributed by atoms with van der Waals surface area (Å²) >= 11 is 2.87. The summed E-state index contributed by atoms with van der Waals surface area (Å²) in [6.45, 7) is 2.40. The Labute approximate surface area is 119 Å². The molecule has 0 saturated carbocycles. The molecule has 0 unspecified atom stereocenters. The van der Waals surface area contributed by atoms with Gasteiger partial charge in [0.05, 0.1) is 10.6 Å². The zero-order valence-electron chi connectivity index (χ0n) is 10.4. The molecule has 4 N–H and O–H groups in total. The van der Waals surface area contributed by atoms with Gasteiger partial charge in [-0.3, -0.25) is 0 Å². The number of thiazole rings is 1. The second kappa shape index (κ2) is 5.55. The Morgan fingerprint density at radius 2 is 2.11 bits per heavy atom. The van der Waals surface area contributed by atoms with Crippen LogP contribution in [0.25, 0.3) is 10.6 Å². The molecule has 0 aliphatic rings. The van der Waals surface area contributed by atoms with Gasteiger partial charge >= 0.3 is 10.2 Å². The molecule has 2 aromatic heterocycles. The third kappa shape index (κ3) is 3.31. The van der Waals surface area contributed by atoms with Crippen LogP contribution in [0.15, 0.2) is 12.1 Å². The smallest absolute Gasteiger partial charge is 0.300 e. The Hall–Kier alpha value is -1.00. The van der Waals surface area contributed by atoms with Crippen LogP contribution in [-0.4, -0.2) is 20.4 Å². The van der Waals surface area contributed by atoms with Gasteiger partial charge in [-0.05, 0) is 19.1 Å². The molecule has 0 fully saturated rings. The van der Waals surface area contributed by atoms with Crippen LogP contribution in [0.2, 0.25) is 0 Å². The number of nitrogens with two attached hydrogens (primary N) is 1. The van der Waals surface area contributed by atoms with Crippen molar-refractivity contribution in [3.05, 3.63) is 21.9 Å². The van der Waals surface area contributed by atoms with Crippen molar-refractivity contribution < 1.29 is 8.42 Å². The van der Waals surface area contributed by atoms with Crippen molar-refractivity contribution in [3.63, 3.8) is 0 Å². The van der Waals surface area contributed by atoms with Crippen LogP contribution < -0.4 is 15.2 Å². The van der Waals surface area contributed by atoms with Gasteiger partial charge in [0.25, 0.3) is 0 Å². The van der Waals surface area contributed by atoms with Crippen molar-refractivity contribution in [2.24, 2.45) is 5.73 Å². The summed E-state index contributed by atoms with van der Waals surface area (Å²) in [6, 6.07) is 3.90. The van der Waals surface area contributed by atoms with Crippen LogP contribution in [-0.2, 0) is 16.8 Å². The molecule has 0 saturated heterocycles. The van der Waals surface area contributed by atoms with Gasteiger partial charge in [-0.25, -0.2) is 14.4 Å². The van der Waals surface area contributed by atoms with E-state index in [-0.39, 0.29) is 0 Å². The average Bonchev–Trinajstić information content (AvgIpc) is 2.95. The van der Waals surface area contributed by atoms with Crippen LogP contribution in [0.4, 0.5) is 5.13 Å². The van der Waals surface area contributed by atoms with E-state index < -0.39 is 10.2 Å². The van der Waals surface area contributed by atoms with Gasteiger partial charge in [-0.2, -0.15) is 8.42 Å². The third-order valence-electron chi connectivity index (χ3n) is 2.38. The lowest BCUT2D eigenvalue weighted by Gasteiger charge is -2.01. The Bertz CT molecular complexity index is 675. The molecule has 0 aliphatic carbocycles. The molecule has 0 radical (unpaired) electrons. The van der Waals surface area contributed by atoms with Gasteiger partial charge in [-0.1, -0.05) is 0 Å². The second-order valence-electron chi connectivity index (χ2n) is 3.70. The first-order valence-corrected chi connectivity index (χ1v) is 8.54. The molecular formula is C10H14N4O2S3. The first-order valence-electron chi connectivity index (χ1n) is 5.43. The Balaban J connectivity index is 2.31. The zero-order valence-corrected chi connectivity index (χ0v) is 12.9. The summed E-state index contributed by atoms with van der Waals surface area (Å²) in [5.74, 6) is 0. The average molecular weight is 318 g/mol. The Morgan fingerprint density at radius 1 is 1.37 bits per heavy atom. The maximum absolute atomic E-state index is 11.4. The molecule has 0 aliphatic heterocycles. The molecule has 2 heterocycles. The monoisotopic (exact) mass is 318 g/mol. The van der Waals surface area contributed by atoms with Crippen molar-refractivity contribution in [2.75, 3.05) is 11.8 Å². The summed E-state index contributed by atoms with van der Waals surface area (Å²) in [6.07, 6.45) is 0. The molecule has 104 valence electrons. The van der Waals surface area contributed by atoms with E-state index in [4.69, 9.17) is 5.73 Å². The van der Waals surface area contributed by atoms with Crippen molar-refractivity contribution >= 4 is 38.0 Å². The highest BCUT2D eigenvalue weighted by molar-refractivity contribution is 7.91. The number of rotatable bonds is 5. The highest BCUT2D eigenvalue weighted by Gasteiger charge is 2.15.